The maximum atomic E-state index is 12.3. The van der Waals surface area contributed by atoms with Crippen molar-refractivity contribution in [1.82, 2.24) is 0 Å². The number of ether oxygens (including phenoxy) is 1. The fourth-order valence-corrected chi connectivity index (χ4v) is 3.61. The minimum Gasteiger partial charge on any atom is -0.455 e. The van der Waals surface area contributed by atoms with Crippen LogP contribution in [0.5, 0.6) is 0 Å². The predicted octanol–water partition coefficient (Wildman–Crippen LogP) is 6.91. The third-order valence-electron chi connectivity index (χ3n) is 4.74. The first-order valence-corrected chi connectivity index (χ1v) is 11.1. The minimum atomic E-state index is -0.592. The largest absolute Gasteiger partial charge is 0.455 e. The van der Waals surface area contributed by atoms with Gasteiger partial charge in [-0.2, -0.15) is 5.26 Å². The van der Waals surface area contributed by atoms with Crippen molar-refractivity contribution in [3.63, 3.8) is 0 Å². The predicted molar refractivity (Wildman–Crippen MR) is 133 cm³/mol. The van der Waals surface area contributed by atoms with E-state index in [1.165, 1.54) is 12.1 Å². The van der Waals surface area contributed by atoms with Crippen molar-refractivity contribution in [3.8, 4) is 6.07 Å². The molecule has 0 radical (unpaired) electrons. The van der Waals surface area contributed by atoms with E-state index in [4.69, 9.17) is 32.9 Å². The van der Waals surface area contributed by atoms with Crippen LogP contribution >= 0.6 is 23.2 Å². The number of carbonyl (C=O) groups is 1. The molecule has 3 aromatic rings. The fourth-order valence-electron chi connectivity index (χ4n) is 3.12. The smallest absolute Gasteiger partial charge is 0.340 e. The van der Waals surface area contributed by atoms with Crippen LogP contribution in [0.4, 0.5) is 0 Å². The van der Waals surface area contributed by atoms with Gasteiger partial charge in [-0.05, 0) is 31.2 Å². The van der Waals surface area contributed by atoms with Crippen LogP contribution in [-0.2, 0) is 4.74 Å². The van der Waals surface area contributed by atoms with Crippen molar-refractivity contribution in [1.29, 1.82) is 5.26 Å². The lowest BCUT2D eigenvalue weighted by Gasteiger charge is -2.11. The van der Waals surface area contributed by atoms with Crippen LogP contribution in [0.3, 0.4) is 0 Å². The Morgan fingerprint density at radius 1 is 1.03 bits per heavy atom. The van der Waals surface area contributed by atoms with Crippen LogP contribution in [0.25, 0.3) is 0 Å². The van der Waals surface area contributed by atoms with Crippen molar-refractivity contribution in [2.24, 2.45) is 4.99 Å². The summed E-state index contributed by atoms with van der Waals surface area (Å²) in [5, 5.41) is 10.4. The lowest BCUT2D eigenvalue weighted by atomic mass is 10.0. The Morgan fingerprint density at radius 2 is 1.64 bits per heavy atom. The molecule has 0 aromatic heterocycles. The second kappa shape index (κ2) is 12.0. The van der Waals surface area contributed by atoms with Crippen LogP contribution in [0.1, 0.15) is 34.8 Å². The fraction of sp³-hybridized carbons (Fsp3) is 0.148. The van der Waals surface area contributed by atoms with Crippen LogP contribution in [0, 0.1) is 11.3 Å². The molecule has 0 heterocycles. The Kier molecular flexibility index (Phi) is 8.83. The summed E-state index contributed by atoms with van der Waals surface area (Å²) >= 11 is 11.9. The molecule has 0 aliphatic carbocycles. The van der Waals surface area contributed by atoms with Gasteiger partial charge in [0, 0.05) is 22.6 Å². The SMILES string of the molecule is C[C@@H](/C=C/CC(C#N)N=C(c1ccccc1)c1ccccc1)OC(=O)c1ccc(Cl)cc1Cl. The quantitative estimate of drug-likeness (QED) is 0.201. The van der Waals surface area contributed by atoms with Crippen LogP contribution in [0.15, 0.2) is 96.0 Å². The summed E-state index contributed by atoms with van der Waals surface area (Å²) in [5.41, 5.74) is 2.88. The molecule has 4 nitrogen and oxygen atoms in total. The van der Waals surface area contributed by atoms with E-state index >= 15 is 0 Å². The first kappa shape index (κ1) is 24.3. The standard InChI is InChI=1S/C27H22Cl2N2O2/c1-19(33-27(32)24-16-15-22(28)17-25(24)29)9-8-14-23(18-30)31-26(20-10-4-2-5-11-20)21-12-6-3-7-13-21/h2-13,15-17,19,23H,14H2,1H3/b9-8+/t19-,23?/m0/s1. The van der Waals surface area contributed by atoms with Crippen LogP contribution < -0.4 is 0 Å². The highest BCUT2D eigenvalue weighted by molar-refractivity contribution is 6.36. The summed E-state index contributed by atoms with van der Waals surface area (Å²) in [7, 11) is 0. The summed E-state index contributed by atoms with van der Waals surface area (Å²) in [6.45, 7) is 1.74. The minimum absolute atomic E-state index is 0.233. The number of nitrogens with zero attached hydrogens (tertiary/aromatic N) is 2. The van der Waals surface area contributed by atoms with Gasteiger partial charge in [0.1, 0.15) is 12.1 Å². The Bertz CT molecular complexity index is 1140. The molecule has 0 fully saturated rings. The Hall–Kier alpha value is -3.39. The molecule has 166 valence electrons. The molecule has 0 bridgehead atoms. The maximum Gasteiger partial charge on any atom is 0.340 e. The van der Waals surface area contributed by atoms with Crippen molar-refractivity contribution in [2.75, 3.05) is 0 Å². The second-order valence-electron chi connectivity index (χ2n) is 7.25. The molecule has 1 unspecified atom stereocenters. The molecule has 33 heavy (non-hydrogen) atoms. The van der Waals surface area contributed by atoms with Gasteiger partial charge in [0.25, 0.3) is 0 Å². The average Bonchev–Trinajstić information content (AvgIpc) is 2.82. The summed E-state index contributed by atoms with van der Waals surface area (Å²) in [6, 6.07) is 25.8. The molecule has 0 amide bonds. The highest BCUT2D eigenvalue weighted by atomic mass is 35.5. The lowest BCUT2D eigenvalue weighted by molar-refractivity contribution is 0.0424. The van der Waals surface area contributed by atoms with Gasteiger partial charge in [-0.1, -0.05) is 89.9 Å². The van der Waals surface area contributed by atoms with Gasteiger partial charge in [0.15, 0.2) is 0 Å². The molecule has 2 atom stereocenters. The highest BCUT2D eigenvalue weighted by Crippen LogP contribution is 2.22. The first-order chi connectivity index (χ1) is 16.0. The number of hydrogen-bond acceptors (Lipinski definition) is 4. The molecule has 6 heteroatoms. The number of hydrogen-bond donors (Lipinski definition) is 0. The van der Waals surface area contributed by atoms with Gasteiger partial charge < -0.3 is 4.74 Å². The van der Waals surface area contributed by atoms with Gasteiger partial charge >= 0.3 is 5.97 Å². The number of benzene rings is 3. The normalized spacial score (nSPS) is 12.5. The zero-order chi connectivity index (χ0) is 23.6. The molecule has 0 saturated heterocycles. The van der Waals surface area contributed by atoms with Gasteiger partial charge in [-0.3, -0.25) is 4.99 Å². The van der Waals surface area contributed by atoms with Crippen LogP contribution in [-0.4, -0.2) is 23.8 Å². The van der Waals surface area contributed by atoms with E-state index in [2.05, 4.69) is 6.07 Å². The summed E-state index contributed by atoms with van der Waals surface area (Å²) in [4.78, 5) is 17.1. The van der Waals surface area contributed by atoms with Crippen molar-refractivity contribution < 1.29 is 9.53 Å². The van der Waals surface area contributed by atoms with Crippen molar-refractivity contribution in [3.05, 3.63) is 118 Å². The van der Waals surface area contributed by atoms with E-state index in [9.17, 15) is 10.1 Å². The molecule has 0 saturated carbocycles. The maximum absolute atomic E-state index is 12.3. The van der Waals surface area contributed by atoms with Gasteiger partial charge in [0.2, 0.25) is 0 Å². The molecule has 3 rings (SSSR count). The summed E-state index contributed by atoms with van der Waals surface area (Å²) in [5.74, 6) is -0.542. The summed E-state index contributed by atoms with van der Waals surface area (Å²) in [6.07, 6.45) is 3.40. The zero-order valence-corrected chi connectivity index (χ0v) is 19.5. The van der Waals surface area contributed by atoms with E-state index < -0.39 is 18.1 Å². The Labute approximate surface area is 203 Å². The molecule has 0 N–H and O–H groups in total. The molecule has 0 aliphatic heterocycles. The lowest BCUT2D eigenvalue weighted by Crippen LogP contribution is -2.14. The van der Waals surface area contributed by atoms with E-state index in [1.54, 1.807) is 25.1 Å². The number of rotatable bonds is 8. The summed E-state index contributed by atoms with van der Waals surface area (Å²) < 4.78 is 5.42. The van der Waals surface area contributed by atoms with E-state index in [1.807, 2.05) is 60.7 Å². The van der Waals surface area contributed by atoms with E-state index in [-0.39, 0.29) is 10.6 Å². The third-order valence-corrected chi connectivity index (χ3v) is 5.29. The van der Waals surface area contributed by atoms with Gasteiger partial charge in [0.05, 0.1) is 22.4 Å². The molecule has 0 aliphatic rings. The van der Waals surface area contributed by atoms with Gasteiger partial charge in [-0.15, -0.1) is 0 Å². The molecule has 3 aromatic carbocycles. The number of nitriles is 1. The third kappa shape index (κ3) is 7.05. The second-order valence-corrected chi connectivity index (χ2v) is 8.10. The molecular weight excluding hydrogens is 455 g/mol. The highest BCUT2D eigenvalue weighted by Gasteiger charge is 2.15. The number of halogens is 2. The average molecular weight is 477 g/mol. The van der Waals surface area contributed by atoms with Gasteiger partial charge in [-0.25, -0.2) is 4.79 Å². The number of aliphatic imine (C=N–C) groups is 1. The Morgan fingerprint density at radius 3 is 2.18 bits per heavy atom. The Balaban J connectivity index is 1.69. The van der Waals surface area contributed by atoms with Crippen molar-refractivity contribution in [2.45, 2.75) is 25.5 Å². The topological polar surface area (TPSA) is 62.4 Å². The van der Waals surface area contributed by atoms with Crippen molar-refractivity contribution >= 4 is 34.9 Å². The number of carbonyl (C=O) groups excluding carboxylic acids is 1. The number of esters is 1. The van der Waals surface area contributed by atoms with Crippen LogP contribution in [0.2, 0.25) is 10.0 Å². The van der Waals surface area contributed by atoms with E-state index in [0.29, 0.717) is 11.4 Å². The first-order valence-electron chi connectivity index (χ1n) is 10.4. The van der Waals surface area contributed by atoms with E-state index in [0.717, 1.165) is 16.8 Å². The monoisotopic (exact) mass is 476 g/mol. The molecule has 0 spiro atoms. The zero-order valence-electron chi connectivity index (χ0n) is 18.0. The molecular formula is C27H22Cl2N2O2.